The summed E-state index contributed by atoms with van der Waals surface area (Å²) < 4.78 is 11.4. The van der Waals surface area contributed by atoms with Crippen LogP contribution >= 0.6 is 0 Å². The van der Waals surface area contributed by atoms with E-state index in [0.717, 1.165) is 12.2 Å². The Kier molecular flexibility index (Phi) is 6.85. The first-order chi connectivity index (χ1) is 14.5. The van der Waals surface area contributed by atoms with E-state index in [1.165, 1.54) is 11.6 Å². The highest BCUT2D eigenvalue weighted by molar-refractivity contribution is 6.31. The number of rotatable bonds is 8. The average Bonchev–Trinajstić information content (AvgIpc) is 2.74. The van der Waals surface area contributed by atoms with E-state index in [1.54, 1.807) is 24.3 Å². The van der Waals surface area contributed by atoms with E-state index in [0.29, 0.717) is 30.4 Å². The van der Waals surface area contributed by atoms with Crippen molar-refractivity contribution in [2.24, 2.45) is 0 Å². The number of urea groups is 1. The molecule has 2 aromatic carbocycles. The molecule has 1 heterocycles. The highest BCUT2D eigenvalue weighted by Crippen LogP contribution is 2.21. The molecule has 7 nitrogen and oxygen atoms in total. The molecule has 156 valence electrons. The Morgan fingerprint density at radius 1 is 0.833 bits per heavy atom. The third-order valence-electron chi connectivity index (χ3n) is 4.82. The van der Waals surface area contributed by atoms with Crippen molar-refractivity contribution in [1.29, 1.82) is 0 Å². The average molecular weight is 408 g/mol. The molecule has 0 bridgehead atoms. The summed E-state index contributed by atoms with van der Waals surface area (Å²) in [4.78, 5) is 34.6. The molecule has 1 aliphatic heterocycles. The van der Waals surface area contributed by atoms with Crippen molar-refractivity contribution in [2.75, 3.05) is 13.2 Å². The summed E-state index contributed by atoms with van der Waals surface area (Å²) in [6.45, 7) is 5.15. The van der Waals surface area contributed by atoms with E-state index in [1.807, 2.05) is 22.8 Å². The lowest BCUT2D eigenvalue weighted by molar-refractivity contribution is -0.123. The van der Waals surface area contributed by atoms with Gasteiger partial charge < -0.3 is 9.47 Å². The Morgan fingerprint density at radius 2 is 1.33 bits per heavy atom. The molecule has 0 radical (unpaired) electrons. The van der Waals surface area contributed by atoms with Gasteiger partial charge in [-0.05, 0) is 53.8 Å². The molecule has 0 aromatic heterocycles. The van der Waals surface area contributed by atoms with Crippen LogP contribution < -0.4 is 20.1 Å². The second kappa shape index (κ2) is 9.73. The molecule has 7 heteroatoms. The SMILES string of the molecule is CCC(C)c1ccc(OCCOc2ccc(C=C3C(=O)NC(=O)NC3=O)cc2)cc1. The van der Waals surface area contributed by atoms with E-state index in [9.17, 15) is 14.4 Å². The van der Waals surface area contributed by atoms with Gasteiger partial charge in [-0.15, -0.1) is 0 Å². The van der Waals surface area contributed by atoms with Crippen molar-refractivity contribution in [3.63, 3.8) is 0 Å². The summed E-state index contributed by atoms with van der Waals surface area (Å²) >= 11 is 0. The minimum atomic E-state index is -0.820. The van der Waals surface area contributed by atoms with Gasteiger partial charge in [-0.1, -0.05) is 38.1 Å². The Balaban J connectivity index is 1.48. The van der Waals surface area contributed by atoms with Gasteiger partial charge in [0.05, 0.1) is 0 Å². The predicted octanol–water partition coefficient (Wildman–Crippen LogP) is 3.41. The highest BCUT2D eigenvalue weighted by atomic mass is 16.5. The van der Waals surface area contributed by atoms with Crippen LogP contribution in [0, 0.1) is 0 Å². The van der Waals surface area contributed by atoms with Crippen LogP contribution in [0.3, 0.4) is 0 Å². The molecule has 4 amide bonds. The van der Waals surface area contributed by atoms with Gasteiger partial charge in [0.1, 0.15) is 30.3 Å². The third kappa shape index (κ3) is 5.47. The van der Waals surface area contributed by atoms with Crippen molar-refractivity contribution in [3.8, 4) is 11.5 Å². The number of hydrogen-bond acceptors (Lipinski definition) is 5. The van der Waals surface area contributed by atoms with Crippen LogP contribution in [0.4, 0.5) is 4.79 Å². The lowest BCUT2D eigenvalue weighted by Gasteiger charge is -2.14. The summed E-state index contributed by atoms with van der Waals surface area (Å²) in [5.74, 6) is 0.526. The van der Waals surface area contributed by atoms with E-state index in [4.69, 9.17) is 9.47 Å². The van der Waals surface area contributed by atoms with Crippen LogP contribution in [-0.2, 0) is 9.59 Å². The van der Waals surface area contributed by atoms with Gasteiger partial charge in [0.25, 0.3) is 11.8 Å². The summed E-state index contributed by atoms with van der Waals surface area (Å²) in [6, 6.07) is 14.2. The van der Waals surface area contributed by atoms with Gasteiger partial charge in [-0.3, -0.25) is 20.2 Å². The number of carbonyl (C=O) groups is 3. The normalized spacial score (nSPS) is 14.6. The van der Waals surface area contributed by atoms with Crippen LogP contribution in [0.2, 0.25) is 0 Å². The molecule has 1 saturated heterocycles. The molecule has 2 aromatic rings. The van der Waals surface area contributed by atoms with Crippen molar-refractivity contribution in [3.05, 3.63) is 65.2 Å². The first-order valence-corrected chi connectivity index (χ1v) is 9.80. The largest absolute Gasteiger partial charge is 0.490 e. The molecule has 1 atom stereocenters. The van der Waals surface area contributed by atoms with E-state index in [2.05, 4.69) is 26.0 Å². The summed E-state index contributed by atoms with van der Waals surface area (Å²) in [7, 11) is 0. The van der Waals surface area contributed by atoms with Crippen LogP contribution in [-0.4, -0.2) is 31.1 Å². The summed E-state index contributed by atoms with van der Waals surface area (Å²) in [6.07, 6.45) is 2.51. The van der Waals surface area contributed by atoms with Crippen molar-refractivity contribution >= 4 is 23.9 Å². The number of benzene rings is 2. The maximum Gasteiger partial charge on any atom is 0.328 e. The highest BCUT2D eigenvalue weighted by Gasteiger charge is 2.27. The third-order valence-corrected chi connectivity index (χ3v) is 4.82. The van der Waals surface area contributed by atoms with Crippen LogP contribution in [0.5, 0.6) is 11.5 Å². The standard InChI is InChI=1S/C23H24N2O5/c1-3-15(2)17-6-10-19(11-7-17)30-13-12-29-18-8-4-16(5-9-18)14-20-21(26)24-23(28)25-22(20)27/h4-11,14-15H,3,12-13H2,1-2H3,(H2,24,25,26,27,28). The summed E-state index contributed by atoms with van der Waals surface area (Å²) in [5.41, 5.74) is 1.80. The molecule has 0 aliphatic carbocycles. The van der Waals surface area contributed by atoms with Crippen molar-refractivity contribution < 1.29 is 23.9 Å². The molecule has 1 unspecified atom stereocenters. The molecular weight excluding hydrogens is 384 g/mol. The lowest BCUT2D eigenvalue weighted by Crippen LogP contribution is -2.51. The maximum atomic E-state index is 11.7. The monoisotopic (exact) mass is 408 g/mol. The minimum Gasteiger partial charge on any atom is -0.490 e. The number of carbonyl (C=O) groups excluding carboxylic acids is 3. The van der Waals surface area contributed by atoms with Crippen molar-refractivity contribution in [2.45, 2.75) is 26.2 Å². The van der Waals surface area contributed by atoms with E-state index in [-0.39, 0.29) is 5.57 Å². The smallest absolute Gasteiger partial charge is 0.328 e. The number of amides is 4. The molecule has 2 N–H and O–H groups in total. The fourth-order valence-electron chi connectivity index (χ4n) is 2.88. The molecular formula is C23H24N2O5. The maximum absolute atomic E-state index is 11.7. The number of nitrogens with one attached hydrogen (secondary N) is 2. The molecule has 0 spiro atoms. The lowest BCUT2D eigenvalue weighted by atomic mass is 9.99. The van der Waals surface area contributed by atoms with E-state index < -0.39 is 17.8 Å². The van der Waals surface area contributed by atoms with Crippen LogP contribution in [0.25, 0.3) is 6.08 Å². The number of imide groups is 2. The quantitative estimate of drug-likeness (QED) is 0.397. The zero-order valence-electron chi connectivity index (χ0n) is 16.9. The van der Waals surface area contributed by atoms with Gasteiger partial charge >= 0.3 is 6.03 Å². The predicted molar refractivity (Wildman–Crippen MR) is 112 cm³/mol. The second-order valence-electron chi connectivity index (χ2n) is 6.94. The van der Waals surface area contributed by atoms with Gasteiger partial charge in [-0.2, -0.15) is 0 Å². The topological polar surface area (TPSA) is 93.7 Å². The molecule has 30 heavy (non-hydrogen) atoms. The van der Waals surface area contributed by atoms with Crippen LogP contribution in [0.15, 0.2) is 54.1 Å². The van der Waals surface area contributed by atoms with Crippen molar-refractivity contribution in [1.82, 2.24) is 10.6 Å². The van der Waals surface area contributed by atoms with Gasteiger partial charge in [0, 0.05) is 0 Å². The van der Waals surface area contributed by atoms with Gasteiger partial charge in [-0.25, -0.2) is 4.79 Å². The van der Waals surface area contributed by atoms with Crippen LogP contribution in [0.1, 0.15) is 37.3 Å². The van der Waals surface area contributed by atoms with Gasteiger partial charge in [0.15, 0.2) is 0 Å². The number of barbiturate groups is 1. The first-order valence-electron chi connectivity index (χ1n) is 9.80. The zero-order valence-corrected chi connectivity index (χ0v) is 16.9. The fraction of sp³-hybridized carbons (Fsp3) is 0.261. The zero-order chi connectivity index (χ0) is 21.5. The number of hydrogen-bond donors (Lipinski definition) is 2. The van der Waals surface area contributed by atoms with E-state index >= 15 is 0 Å². The minimum absolute atomic E-state index is 0.129. The molecule has 3 rings (SSSR count). The molecule has 1 fully saturated rings. The van der Waals surface area contributed by atoms with Gasteiger partial charge in [0.2, 0.25) is 0 Å². The Hall–Kier alpha value is -3.61. The molecule has 0 saturated carbocycles. The Labute approximate surface area is 175 Å². The number of ether oxygens (including phenoxy) is 2. The second-order valence-corrected chi connectivity index (χ2v) is 6.94. The Morgan fingerprint density at radius 3 is 1.83 bits per heavy atom. The first kappa shape index (κ1) is 21.1. The summed E-state index contributed by atoms with van der Waals surface area (Å²) in [5, 5.41) is 4.07. The molecule has 1 aliphatic rings. The Bertz CT molecular complexity index is 927. The fourth-order valence-corrected chi connectivity index (χ4v) is 2.88.